The summed E-state index contributed by atoms with van der Waals surface area (Å²) in [7, 11) is 6.42. The van der Waals surface area contributed by atoms with E-state index in [1.165, 1.54) is 32.5 Å². The molecule has 3 heteroatoms. The number of nitrogens with zero attached hydrogens (tertiary/aromatic N) is 2. The van der Waals surface area contributed by atoms with Crippen LogP contribution in [-0.2, 0) is 0 Å². The molecule has 0 amide bonds. The molecule has 0 unspecified atom stereocenters. The Morgan fingerprint density at radius 3 is 2.00 bits per heavy atom. The van der Waals surface area contributed by atoms with Gasteiger partial charge in [-0.25, -0.2) is 0 Å². The van der Waals surface area contributed by atoms with Crippen molar-refractivity contribution in [1.29, 1.82) is 0 Å². The Kier molecular flexibility index (Phi) is 8.07. The van der Waals surface area contributed by atoms with Crippen LogP contribution in [0.25, 0.3) is 0 Å². The van der Waals surface area contributed by atoms with Crippen LogP contribution in [0.1, 0.15) is 12.8 Å². The molecular weight excluding hydrogens is 168 g/mol. The lowest BCUT2D eigenvalue weighted by molar-refractivity contribution is 0.301. The smallest absolute Gasteiger partial charge is 0.000960 e. The van der Waals surface area contributed by atoms with E-state index in [1.807, 2.05) is 0 Å². The molecule has 12 heavy (non-hydrogen) atoms. The van der Waals surface area contributed by atoms with Crippen LogP contribution in [0.4, 0.5) is 0 Å². The fraction of sp³-hybridized carbons (Fsp3) is 1.00. The van der Waals surface area contributed by atoms with E-state index in [0.29, 0.717) is 0 Å². The summed E-state index contributed by atoms with van der Waals surface area (Å²) in [6.45, 7) is 3.56. The normalized spacial score (nSPS) is 11.5. The molecule has 0 bridgehead atoms. The van der Waals surface area contributed by atoms with Gasteiger partial charge < -0.3 is 9.80 Å². The van der Waals surface area contributed by atoms with Gasteiger partial charge in [0.1, 0.15) is 0 Å². The molecule has 0 N–H and O–H groups in total. The van der Waals surface area contributed by atoms with E-state index in [2.05, 4.69) is 43.6 Å². The predicted octanol–water partition coefficient (Wildman–Crippen LogP) is 1.19. The molecule has 0 fully saturated rings. The van der Waals surface area contributed by atoms with Crippen molar-refractivity contribution in [3.8, 4) is 0 Å². The minimum absolute atomic E-state index is 0.998. The molecule has 0 aromatic heterocycles. The number of hydrogen-bond donors (Lipinski definition) is 1. The summed E-state index contributed by atoms with van der Waals surface area (Å²) in [5.74, 6) is 0.998. The molecule has 0 aliphatic rings. The van der Waals surface area contributed by atoms with Crippen molar-refractivity contribution in [3.05, 3.63) is 0 Å². The molecule has 0 atom stereocenters. The van der Waals surface area contributed by atoms with Crippen molar-refractivity contribution in [2.45, 2.75) is 12.8 Å². The Balaban J connectivity index is 3.13. The fourth-order valence-electron chi connectivity index (χ4n) is 1.11. The fourth-order valence-corrected chi connectivity index (χ4v) is 1.25. The van der Waals surface area contributed by atoms with E-state index < -0.39 is 0 Å². The molecule has 0 aliphatic carbocycles. The van der Waals surface area contributed by atoms with Gasteiger partial charge >= 0.3 is 0 Å². The van der Waals surface area contributed by atoms with Gasteiger partial charge in [-0.05, 0) is 59.4 Å². The van der Waals surface area contributed by atoms with Gasteiger partial charge in [-0.15, -0.1) is 0 Å². The van der Waals surface area contributed by atoms with Crippen molar-refractivity contribution in [2.75, 3.05) is 46.5 Å². The van der Waals surface area contributed by atoms with Gasteiger partial charge in [0.15, 0.2) is 0 Å². The summed E-state index contributed by atoms with van der Waals surface area (Å²) in [4.78, 5) is 4.60. The monoisotopic (exact) mass is 190 g/mol. The first-order valence-electron chi connectivity index (χ1n) is 4.61. The zero-order valence-corrected chi connectivity index (χ0v) is 9.48. The average molecular weight is 190 g/mol. The first-order chi connectivity index (χ1) is 5.66. The van der Waals surface area contributed by atoms with Gasteiger partial charge in [0.05, 0.1) is 0 Å². The minimum atomic E-state index is 0.998. The molecule has 0 spiro atoms. The molecule has 0 aromatic rings. The van der Waals surface area contributed by atoms with Crippen LogP contribution in [0.3, 0.4) is 0 Å². The third-order valence-electron chi connectivity index (χ3n) is 1.84. The highest BCUT2D eigenvalue weighted by Crippen LogP contribution is 1.92. The van der Waals surface area contributed by atoms with Gasteiger partial charge in [0.25, 0.3) is 0 Å². The number of thiol groups is 1. The standard InChI is InChI=1S/C9H22N2S/c1-10(2)6-4-7-11(3)8-5-9-12/h12H,4-9H2,1-3H3. The van der Waals surface area contributed by atoms with Crippen molar-refractivity contribution in [2.24, 2.45) is 0 Å². The molecule has 0 heterocycles. The highest BCUT2D eigenvalue weighted by Gasteiger charge is 1.97. The summed E-state index contributed by atoms with van der Waals surface area (Å²) in [6.07, 6.45) is 2.46. The Labute approximate surface area is 82.3 Å². The lowest BCUT2D eigenvalue weighted by atomic mass is 10.3. The molecule has 0 saturated carbocycles. The quantitative estimate of drug-likeness (QED) is 0.603. The number of rotatable bonds is 7. The maximum Gasteiger partial charge on any atom is -0.000960 e. The average Bonchev–Trinajstić information content (AvgIpc) is 2.00. The predicted molar refractivity (Wildman–Crippen MR) is 59.1 cm³/mol. The molecule has 0 aliphatic heterocycles. The lowest BCUT2D eigenvalue weighted by Gasteiger charge is -2.17. The first-order valence-corrected chi connectivity index (χ1v) is 5.24. The van der Waals surface area contributed by atoms with Crippen LogP contribution in [0.5, 0.6) is 0 Å². The molecule has 2 nitrogen and oxygen atoms in total. The van der Waals surface area contributed by atoms with E-state index >= 15 is 0 Å². The maximum absolute atomic E-state index is 4.18. The van der Waals surface area contributed by atoms with E-state index in [1.54, 1.807) is 0 Å². The molecule has 0 rings (SSSR count). The van der Waals surface area contributed by atoms with Crippen LogP contribution >= 0.6 is 12.6 Å². The van der Waals surface area contributed by atoms with Crippen molar-refractivity contribution in [3.63, 3.8) is 0 Å². The third kappa shape index (κ3) is 8.37. The second-order valence-corrected chi connectivity index (χ2v) is 3.98. The highest BCUT2D eigenvalue weighted by molar-refractivity contribution is 7.80. The molecule has 0 saturated heterocycles. The first kappa shape index (κ1) is 12.3. The Hall–Kier alpha value is 0.270. The van der Waals surface area contributed by atoms with Crippen LogP contribution in [0.15, 0.2) is 0 Å². The van der Waals surface area contributed by atoms with E-state index in [9.17, 15) is 0 Å². The van der Waals surface area contributed by atoms with E-state index in [4.69, 9.17) is 0 Å². The van der Waals surface area contributed by atoms with Crippen LogP contribution in [0.2, 0.25) is 0 Å². The van der Waals surface area contributed by atoms with Crippen LogP contribution in [0, 0.1) is 0 Å². The van der Waals surface area contributed by atoms with E-state index in [-0.39, 0.29) is 0 Å². The lowest BCUT2D eigenvalue weighted by Crippen LogP contribution is -2.24. The van der Waals surface area contributed by atoms with E-state index in [0.717, 1.165) is 5.75 Å². The van der Waals surface area contributed by atoms with Crippen LogP contribution < -0.4 is 0 Å². The Morgan fingerprint density at radius 2 is 1.50 bits per heavy atom. The zero-order chi connectivity index (χ0) is 9.40. The van der Waals surface area contributed by atoms with Crippen molar-refractivity contribution >= 4 is 12.6 Å². The summed E-state index contributed by atoms with van der Waals surface area (Å²) in [5.41, 5.74) is 0. The summed E-state index contributed by atoms with van der Waals surface area (Å²) < 4.78 is 0. The second kappa shape index (κ2) is 7.90. The number of hydrogen-bond acceptors (Lipinski definition) is 3. The third-order valence-corrected chi connectivity index (χ3v) is 2.16. The summed E-state index contributed by atoms with van der Waals surface area (Å²) in [6, 6.07) is 0. The SMILES string of the molecule is CN(C)CCCN(C)CCCS. The van der Waals surface area contributed by atoms with Gasteiger partial charge in [-0.3, -0.25) is 0 Å². The zero-order valence-electron chi connectivity index (χ0n) is 8.58. The summed E-state index contributed by atoms with van der Waals surface area (Å²) in [5, 5.41) is 0. The van der Waals surface area contributed by atoms with Crippen LogP contribution in [-0.4, -0.2) is 56.3 Å². The second-order valence-electron chi connectivity index (χ2n) is 3.54. The Bertz CT molecular complexity index is 96.5. The maximum atomic E-state index is 4.18. The van der Waals surface area contributed by atoms with Crippen molar-refractivity contribution < 1.29 is 0 Å². The van der Waals surface area contributed by atoms with Gasteiger partial charge in [0.2, 0.25) is 0 Å². The van der Waals surface area contributed by atoms with Gasteiger partial charge in [-0.1, -0.05) is 0 Å². The molecule has 0 radical (unpaired) electrons. The minimum Gasteiger partial charge on any atom is -0.309 e. The summed E-state index contributed by atoms with van der Waals surface area (Å²) >= 11 is 4.18. The Morgan fingerprint density at radius 1 is 0.917 bits per heavy atom. The van der Waals surface area contributed by atoms with Gasteiger partial charge in [0, 0.05) is 0 Å². The van der Waals surface area contributed by atoms with Crippen molar-refractivity contribution in [1.82, 2.24) is 9.80 Å². The topological polar surface area (TPSA) is 6.48 Å². The molecular formula is C9H22N2S. The molecule has 74 valence electrons. The molecule has 0 aromatic carbocycles. The highest BCUT2D eigenvalue weighted by atomic mass is 32.1. The van der Waals surface area contributed by atoms with Gasteiger partial charge in [-0.2, -0.15) is 12.6 Å². The largest absolute Gasteiger partial charge is 0.309 e.